The number of hydrogen-bond donors (Lipinski definition) is 1. The third-order valence-electron chi connectivity index (χ3n) is 3.08. The van der Waals surface area contributed by atoms with Gasteiger partial charge >= 0.3 is 0 Å². The standard InChI is InChI=1S/C13H18N2O3/c1-9-8-18-6-5-15(9)13(16)11-4-3-10(14)7-12(11)17-2/h3-4,7,9H,5-6,8,14H2,1-2H3. The van der Waals surface area contributed by atoms with Crippen molar-refractivity contribution in [1.82, 2.24) is 4.90 Å². The topological polar surface area (TPSA) is 64.8 Å². The van der Waals surface area contributed by atoms with Gasteiger partial charge in [-0.05, 0) is 19.1 Å². The van der Waals surface area contributed by atoms with Crippen molar-refractivity contribution < 1.29 is 14.3 Å². The zero-order valence-corrected chi connectivity index (χ0v) is 10.7. The molecule has 1 unspecified atom stereocenters. The molecule has 18 heavy (non-hydrogen) atoms. The Balaban J connectivity index is 2.27. The van der Waals surface area contributed by atoms with Crippen molar-refractivity contribution in [2.75, 3.05) is 32.6 Å². The van der Waals surface area contributed by atoms with E-state index >= 15 is 0 Å². The fourth-order valence-corrected chi connectivity index (χ4v) is 2.07. The molecule has 0 aromatic heterocycles. The van der Waals surface area contributed by atoms with E-state index in [2.05, 4.69) is 0 Å². The lowest BCUT2D eigenvalue weighted by Gasteiger charge is -2.33. The fraction of sp³-hybridized carbons (Fsp3) is 0.462. The van der Waals surface area contributed by atoms with Crippen LogP contribution in [0.15, 0.2) is 18.2 Å². The molecule has 1 saturated heterocycles. The van der Waals surface area contributed by atoms with Gasteiger partial charge in [0.25, 0.3) is 5.91 Å². The number of amides is 1. The summed E-state index contributed by atoms with van der Waals surface area (Å²) in [5.74, 6) is 0.473. The predicted octanol–water partition coefficient (Wildman–Crippen LogP) is 1.14. The Labute approximate surface area is 106 Å². The van der Waals surface area contributed by atoms with E-state index in [0.717, 1.165) is 0 Å². The second-order valence-corrected chi connectivity index (χ2v) is 4.38. The minimum Gasteiger partial charge on any atom is -0.496 e. The normalized spacial score (nSPS) is 19.7. The Kier molecular flexibility index (Phi) is 3.72. The molecule has 0 aliphatic carbocycles. The van der Waals surface area contributed by atoms with E-state index in [9.17, 15) is 4.79 Å². The number of benzene rings is 1. The third-order valence-corrected chi connectivity index (χ3v) is 3.08. The summed E-state index contributed by atoms with van der Waals surface area (Å²) in [4.78, 5) is 14.3. The van der Waals surface area contributed by atoms with Crippen molar-refractivity contribution in [1.29, 1.82) is 0 Å². The van der Waals surface area contributed by atoms with Gasteiger partial charge in [0.2, 0.25) is 0 Å². The summed E-state index contributed by atoms with van der Waals surface area (Å²) in [6, 6.07) is 5.16. The van der Waals surface area contributed by atoms with E-state index in [0.29, 0.717) is 36.8 Å². The number of carbonyl (C=O) groups excluding carboxylic acids is 1. The molecule has 2 N–H and O–H groups in total. The van der Waals surface area contributed by atoms with Gasteiger partial charge < -0.3 is 20.1 Å². The van der Waals surface area contributed by atoms with Crippen molar-refractivity contribution in [2.45, 2.75) is 13.0 Å². The average Bonchev–Trinajstić information content (AvgIpc) is 2.38. The first-order chi connectivity index (χ1) is 8.63. The number of nitrogen functional groups attached to an aromatic ring is 1. The summed E-state index contributed by atoms with van der Waals surface area (Å²) >= 11 is 0. The molecule has 0 bridgehead atoms. The van der Waals surface area contributed by atoms with Crippen molar-refractivity contribution in [3.63, 3.8) is 0 Å². The number of ether oxygens (including phenoxy) is 2. The molecule has 98 valence electrons. The van der Waals surface area contributed by atoms with Gasteiger partial charge in [0.1, 0.15) is 5.75 Å². The van der Waals surface area contributed by atoms with E-state index in [1.807, 2.05) is 6.92 Å². The first kappa shape index (κ1) is 12.7. The SMILES string of the molecule is COc1cc(N)ccc1C(=O)N1CCOCC1C. The minimum atomic E-state index is -0.0392. The first-order valence-electron chi connectivity index (χ1n) is 5.95. The Hall–Kier alpha value is -1.75. The van der Waals surface area contributed by atoms with Crippen LogP contribution in [0.3, 0.4) is 0 Å². The van der Waals surface area contributed by atoms with E-state index < -0.39 is 0 Å². The van der Waals surface area contributed by atoms with Crippen LogP contribution < -0.4 is 10.5 Å². The first-order valence-corrected chi connectivity index (χ1v) is 5.95. The number of hydrogen-bond acceptors (Lipinski definition) is 4. The van der Waals surface area contributed by atoms with Crippen molar-refractivity contribution >= 4 is 11.6 Å². The second-order valence-electron chi connectivity index (χ2n) is 4.38. The predicted molar refractivity (Wildman–Crippen MR) is 68.7 cm³/mol. The van der Waals surface area contributed by atoms with Gasteiger partial charge in [0.15, 0.2) is 0 Å². The van der Waals surface area contributed by atoms with Crippen LogP contribution in [-0.2, 0) is 4.74 Å². The van der Waals surface area contributed by atoms with E-state index in [4.69, 9.17) is 15.2 Å². The monoisotopic (exact) mass is 250 g/mol. The number of nitrogens with zero attached hydrogens (tertiary/aromatic N) is 1. The molecule has 1 heterocycles. The number of anilines is 1. The molecule has 0 spiro atoms. The van der Waals surface area contributed by atoms with Crippen molar-refractivity contribution in [3.05, 3.63) is 23.8 Å². The molecule has 1 aliphatic rings. The lowest BCUT2D eigenvalue weighted by Crippen LogP contribution is -2.47. The van der Waals surface area contributed by atoms with Gasteiger partial charge in [0.05, 0.1) is 31.9 Å². The molecule has 2 rings (SSSR count). The maximum Gasteiger partial charge on any atom is 0.258 e. The molecule has 1 atom stereocenters. The van der Waals surface area contributed by atoms with Crippen molar-refractivity contribution in [3.8, 4) is 5.75 Å². The Morgan fingerprint density at radius 1 is 1.56 bits per heavy atom. The summed E-state index contributed by atoms with van der Waals surface area (Å²) < 4.78 is 10.5. The maximum atomic E-state index is 12.5. The summed E-state index contributed by atoms with van der Waals surface area (Å²) in [5, 5.41) is 0. The summed E-state index contributed by atoms with van der Waals surface area (Å²) in [7, 11) is 1.54. The molecule has 1 amide bonds. The average molecular weight is 250 g/mol. The molecule has 5 heteroatoms. The van der Waals surface area contributed by atoms with Crippen LogP contribution in [-0.4, -0.2) is 43.7 Å². The minimum absolute atomic E-state index is 0.0392. The number of carbonyl (C=O) groups is 1. The third kappa shape index (κ3) is 2.41. The zero-order chi connectivity index (χ0) is 13.1. The lowest BCUT2D eigenvalue weighted by molar-refractivity contribution is 0.00344. The second kappa shape index (κ2) is 5.27. The van der Waals surface area contributed by atoms with Crippen LogP contribution in [0.25, 0.3) is 0 Å². The maximum absolute atomic E-state index is 12.5. The molecule has 1 aromatic carbocycles. The molecule has 1 aliphatic heterocycles. The zero-order valence-electron chi connectivity index (χ0n) is 10.7. The Bertz CT molecular complexity index is 448. The van der Waals surface area contributed by atoms with Crippen molar-refractivity contribution in [2.24, 2.45) is 0 Å². The summed E-state index contributed by atoms with van der Waals surface area (Å²) in [6.07, 6.45) is 0. The number of nitrogens with two attached hydrogens (primary N) is 1. The van der Waals surface area contributed by atoms with E-state index in [-0.39, 0.29) is 11.9 Å². The van der Waals surface area contributed by atoms with Gasteiger partial charge in [-0.1, -0.05) is 0 Å². The molecule has 1 aromatic rings. The van der Waals surface area contributed by atoms with Gasteiger partial charge in [-0.25, -0.2) is 0 Å². The van der Waals surface area contributed by atoms with Crippen LogP contribution >= 0.6 is 0 Å². The van der Waals surface area contributed by atoms with Gasteiger partial charge in [-0.15, -0.1) is 0 Å². The van der Waals surface area contributed by atoms with Crippen LogP contribution in [0.1, 0.15) is 17.3 Å². The fourth-order valence-electron chi connectivity index (χ4n) is 2.07. The lowest BCUT2D eigenvalue weighted by atomic mass is 10.1. The highest BCUT2D eigenvalue weighted by molar-refractivity contribution is 5.97. The van der Waals surface area contributed by atoms with Crippen LogP contribution in [0, 0.1) is 0 Å². The van der Waals surface area contributed by atoms with Gasteiger partial charge in [0, 0.05) is 18.3 Å². The Morgan fingerprint density at radius 2 is 2.33 bits per heavy atom. The quantitative estimate of drug-likeness (QED) is 0.799. The number of methoxy groups -OCH3 is 1. The molecular formula is C13H18N2O3. The number of morpholine rings is 1. The highest BCUT2D eigenvalue weighted by Crippen LogP contribution is 2.24. The molecule has 5 nitrogen and oxygen atoms in total. The van der Waals surface area contributed by atoms with Crippen LogP contribution in [0.4, 0.5) is 5.69 Å². The number of rotatable bonds is 2. The van der Waals surface area contributed by atoms with Gasteiger partial charge in [-0.2, -0.15) is 0 Å². The highest BCUT2D eigenvalue weighted by Gasteiger charge is 2.26. The Morgan fingerprint density at radius 3 is 3.00 bits per heavy atom. The molecule has 0 radical (unpaired) electrons. The molecular weight excluding hydrogens is 232 g/mol. The van der Waals surface area contributed by atoms with Crippen LogP contribution in [0.2, 0.25) is 0 Å². The van der Waals surface area contributed by atoms with Gasteiger partial charge in [-0.3, -0.25) is 4.79 Å². The molecule has 1 fully saturated rings. The smallest absolute Gasteiger partial charge is 0.258 e. The highest BCUT2D eigenvalue weighted by atomic mass is 16.5. The van der Waals surface area contributed by atoms with E-state index in [1.165, 1.54) is 7.11 Å². The largest absolute Gasteiger partial charge is 0.496 e. The molecule has 0 saturated carbocycles. The summed E-state index contributed by atoms with van der Waals surface area (Å²) in [6.45, 7) is 3.73. The van der Waals surface area contributed by atoms with E-state index in [1.54, 1.807) is 23.1 Å². The summed E-state index contributed by atoms with van der Waals surface area (Å²) in [5.41, 5.74) is 6.81. The van der Waals surface area contributed by atoms with Crippen LogP contribution in [0.5, 0.6) is 5.75 Å².